The maximum absolute atomic E-state index is 12.0. The SMILES string of the molecule is CC(C)c1ccc(NC(=O)CN(C)CC2CCC2)cc1. The quantitative estimate of drug-likeness (QED) is 0.861. The molecule has 1 aliphatic rings. The van der Waals surface area contributed by atoms with Gasteiger partial charge in [0.25, 0.3) is 0 Å². The molecule has 0 heterocycles. The van der Waals surface area contributed by atoms with Crippen LogP contribution in [0.25, 0.3) is 0 Å². The number of nitrogens with one attached hydrogen (secondary N) is 1. The van der Waals surface area contributed by atoms with Gasteiger partial charge in [0.2, 0.25) is 5.91 Å². The first kappa shape index (κ1) is 15.0. The largest absolute Gasteiger partial charge is 0.325 e. The Hall–Kier alpha value is -1.35. The number of amides is 1. The number of benzene rings is 1. The summed E-state index contributed by atoms with van der Waals surface area (Å²) in [4.78, 5) is 14.1. The number of carbonyl (C=O) groups is 1. The van der Waals surface area contributed by atoms with E-state index in [0.717, 1.165) is 18.2 Å². The van der Waals surface area contributed by atoms with Crippen LogP contribution in [0.5, 0.6) is 0 Å². The molecule has 1 saturated carbocycles. The molecule has 1 amide bonds. The monoisotopic (exact) mass is 274 g/mol. The van der Waals surface area contributed by atoms with E-state index in [9.17, 15) is 4.79 Å². The molecule has 0 spiro atoms. The summed E-state index contributed by atoms with van der Waals surface area (Å²) in [6, 6.07) is 8.13. The summed E-state index contributed by atoms with van der Waals surface area (Å²) in [7, 11) is 2.03. The van der Waals surface area contributed by atoms with E-state index in [1.54, 1.807) is 0 Å². The average Bonchev–Trinajstić information content (AvgIpc) is 2.34. The molecule has 0 radical (unpaired) electrons. The molecular formula is C17H26N2O. The van der Waals surface area contributed by atoms with Gasteiger partial charge in [-0.2, -0.15) is 0 Å². The minimum atomic E-state index is 0.0733. The van der Waals surface area contributed by atoms with Crippen molar-refractivity contribution in [1.29, 1.82) is 0 Å². The van der Waals surface area contributed by atoms with Crippen molar-refractivity contribution in [2.45, 2.75) is 39.0 Å². The summed E-state index contributed by atoms with van der Waals surface area (Å²) >= 11 is 0. The molecule has 0 bridgehead atoms. The summed E-state index contributed by atoms with van der Waals surface area (Å²) < 4.78 is 0. The molecule has 1 fully saturated rings. The van der Waals surface area contributed by atoms with Crippen molar-refractivity contribution in [3.63, 3.8) is 0 Å². The third-order valence-corrected chi connectivity index (χ3v) is 4.07. The number of hydrogen-bond donors (Lipinski definition) is 1. The van der Waals surface area contributed by atoms with Gasteiger partial charge in [-0.15, -0.1) is 0 Å². The molecule has 1 aromatic carbocycles. The summed E-state index contributed by atoms with van der Waals surface area (Å²) in [5.41, 5.74) is 2.18. The van der Waals surface area contributed by atoms with Crippen molar-refractivity contribution in [2.24, 2.45) is 5.92 Å². The molecule has 3 heteroatoms. The maximum Gasteiger partial charge on any atom is 0.238 e. The Kier molecular flexibility index (Phi) is 5.18. The summed E-state index contributed by atoms with van der Waals surface area (Å²) in [5.74, 6) is 1.40. The fraction of sp³-hybridized carbons (Fsp3) is 0.588. The zero-order valence-corrected chi connectivity index (χ0v) is 12.9. The van der Waals surface area contributed by atoms with Crippen molar-refractivity contribution >= 4 is 11.6 Å². The zero-order valence-electron chi connectivity index (χ0n) is 12.9. The first-order chi connectivity index (χ1) is 9.54. The summed E-state index contributed by atoms with van der Waals surface area (Å²) in [6.07, 6.45) is 4.00. The van der Waals surface area contributed by atoms with Crippen LogP contribution in [0, 0.1) is 5.92 Å². The molecule has 20 heavy (non-hydrogen) atoms. The Morgan fingerprint density at radius 2 is 1.95 bits per heavy atom. The van der Waals surface area contributed by atoms with Crippen LogP contribution < -0.4 is 5.32 Å². The highest BCUT2D eigenvalue weighted by Gasteiger charge is 2.19. The highest BCUT2D eigenvalue weighted by Crippen LogP contribution is 2.26. The molecule has 2 rings (SSSR count). The normalized spacial score (nSPS) is 15.4. The van der Waals surface area contributed by atoms with Crippen LogP contribution in [0.2, 0.25) is 0 Å². The van der Waals surface area contributed by atoms with Crippen LogP contribution in [-0.2, 0) is 4.79 Å². The van der Waals surface area contributed by atoms with Crippen LogP contribution in [0.1, 0.15) is 44.6 Å². The molecule has 0 unspecified atom stereocenters. The highest BCUT2D eigenvalue weighted by atomic mass is 16.2. The van der Waals surface area contributed by atoms with E-state index in [1.165, 1.54) is 24.8 Å². The second-order valence-electron chi connectivity index (χ2n) is 6.32. The van der Waals surface area contributed by atoms with Crippen LogP contribution >= 0.6 is 0 Å². The third kappa shape index (κ3) is 4.34. The Morgan fingerprint density at radius 3 is 2.45 bits per heavy atom. The fourth-order valence-corrected chi connectivity index (χ4v) is 2.58. The van der Waals surface area contributed by atoms with Gasteiger partial charge >= 0.3 is 0 Å². The van der Waals surface area contributed by atoms with E-state index in [2.05, 4.69) is 36.2 Å². The van der Waals surface area contributed by atoms with Gasteiger partial charge in [0.05, 0.1) is 6.54 Å². The van der Waals surface area contributed by atoms with Crippen molar-refractivity contribution in [2.75, 3.05) is 25.5 Å². The summed E-state index contributed by atoms with van der Waals surface area (Å²) in [5, 5.41) is 2.97. The number of carbonyl (C=O) groups excluding carboxylic acids is 1. The Labute approximate surface area is 122 Å². The van der Waals surface area contributed by atoms with Gasteiger partial charge in [0.1, 0.15) is 0 Å². The Balaban J connectivity index is 1.78. The number of nitrogens with zero attached hydrogens (tertiary/aromatic N) is 1. The molecule has 0 aromatic heterocycles. The lowest BCUT2D eigenvalue weighted by Crippen LogP contribution is -2.35. The van der Waals surface area contributed by atoms with E-state index in [-0.39, 0.29) is 5.91 Å². The first-order valence-corrected chi connectivity index (χ1v) is 7.63. The molecule has 1 N–H and O–H groups in total. The lowest BCUT2D eigenvalue weighted by molar-refractivity contribution is -0.117. The molecule has 110 valence electrons. The van der Waals surface area contributed by atoms with E-state index in [0.29, 0.717) is 12.5 Å². The lowest BCUT2D eigenvalue weighted by atomic mass is 9.85. The number of anilines is 1. The van der Waals surface area contributed by atoms with Crippen molar-refractivity contribution in [3.05, 3.63) is 29.8 Å². The highest BCUT2D eigenvalue weighted by molar-refractivity contribution is 5.92. The topological polar surface area (TPSA) is 32.3 Å². The van der Waals surface area contributed by atoms with Gasteiger partial charge < -0.3 is 5.32 Å². The van der Waals surface area contributed by atoms with Crippen LogP contribution in [0.3, 0.4) is 0 Å². The minimum Gasteiger partial charge on any atom is -0.325 e. The van der Waals surface area contributed by atoms with Crippen LogP contribution in [0.15, 0.2) is 24.3 Å². The summed E-state index contributed by atoms with van der Waals surface area (Å²) in [6.45, 7) is 5.86. The predicted molar refractivity (Wildman–Crippen MR) is 84.0 cm³/mol. The molecule has 0 atom stereocenters. The molecule has 0 aliphatic heterocycles. The van der Waals surface area contributed by atoms with Crippen molar-refractivity contribution in [1.82, 2.24) is 4.90 Å². The second-order valence-corrected chi connectivity index (χ2v) is 6.32. The maximum atomic E-state index is 12.0. The number of likely N-dealkylation sites (N-methyl/N-ethyl adjacent to an activating group) is 1. The van der Waals surface area contributed by atoms with E-state index in [1.807, 2.05) is 19.2 Å². The van der Waals surface area contributed by atoms with Gasteiger partial charge in [-0.1, -0.05) is 32.4 Å². The fourth-order valence-electron chi connectivity index (χ4n) is 2.58. The smallest absolute Gasteiger partial charge is 0.238 e. The second kappa shape index (κ2) is 6.89. The van der Waals surface area contributed by atoms with Crippen molar-refractivity contribution in [3.8, 4) is 0 Å². The number of hydrogen-bond acceptors (Lipinski definition) is 2. The van der Waals surface area contributed by atoms with Gasteiger partial charge in [-0.25, -0.2) is 0 Å². The third-order valence-electron chi connectivity index (χ3n) is 4.07. The van der Waals surface area contributed by atoms with Crippen molar-refractivity contribution < 1.29 is 4.79 Å². The van der Waals surface area contributed by atoms with Crippen LogP contribution in [-0.4, -0.2) is 30.9 Å². The van der Waals surface area contributed by atoms with Gasteiger partial charge in [0, 0.05) is 12.2 Å². The first-order valence-electron chi connectivity index (χ1n) is 7.63. The average molecular weight is 274 g/mol. The van der Waals surface area contributed by atoms with Gasteiger partial charge in [-0.05, 0) is 49.4 Å². The standard InChI is InChI=1S/C17H26N2O/c1-13(2)15-7-9-16(10-8-15)18-17(20)12-19(3)11-14-5-4-6-14/h7-10,13-14H,4-6,11-12H2,1-3H3,(H,18,20). The Morgan fingerprint density at radius 1 is 1.30 bits per heavy atom. The molecule has 0 saturated heterocycles. The zero-order chi connectivity index (χ0) is 14.5. The van der Waals surface area contributed by atoms with E-state index >= 15 is 0 Å². The molecule has 3 nitrogen and oxygen atoms in total. The lowest BCUT2D eigenvalue weighted by Gasteiger charge is -2.29. The van der Waals surface area contributed by atoms with Crippen LogP contribution in [0.4, 0.5) is 5.69 Å². The van der Waals surface area contributed by atoms with E-state index < -0.39 is 0 Å². The predicted octanol–water partition coefficient (Wildman–Crippen LogP) is 3.48. The molecule has 1 aromatic rings. The number of rotatable bonds is 6. The Bertz CT molecular complexity index is 435. The van der Waals surface area contributed by atoms with Gasteiger partial charge in [-0.3, -0.25) is 9.69 Å². The molecule has 1 aliphatic carbocycles. The molecular weight excluding hydrogens is 248 g/mol. The minimum absolute atomic E-state index is 0.0733. The van der Waals surface area contributed by atoms with Gasteiger partial charge in [0.15, 0.2) is 0 Å². The van der Waals surface area contributed by atoms with E-state index in [4.69, 9.17) is 0 Å².